The topological polar surface area (TPSA) is 41.6 Å². The summed E-state index contributed by atoms with van der Waals surface area (Å²) >= 11 is 5.84. The highest BCUT2D eigenvalue weighted by Crippen LogP contribution is 2.26. The number of nitrogens with one attached hydrogen (secondary N) is 1. The van der Waals surface area contributed by atoms with E-state index in [1.54, 1.807) is 4.90 Å². The number of alkyl halides is 2. The number of benzene rings is 1. The molecule has 21 heavy (non-hydrogen) atoms. The predicted octanol–water partition coefficient (Wildman–Crippen LogP) is 2.80. The zero-order valence-electron chi connectivity index (χ0n) is 11.2. The standard InChI is InChI=1S/C13H15ClF2N2O2.ClH/c14-9-2-3-11(20-13(15)16)10(8-9)12(19)18-6-1-4-17-5-7-18;/h2-3,8,13,17H,1,4-7H2;1H. The fourth-order valence-electron chi connectivity index (χ4n) is 2.09. The summed E-state index contributed by atoms with van der Waals surface area (Å²) in [5.41, 5.74) is 0.0692. The lowest BCUT2D eigenvalue weighted by atomic mass is 10.1. The molecule has 1 aliphatic heterocycles. The van der Waals surface area contributed by atoms with Crippen LogP contribution in [0.5, 0.6) is 5.75 Å². The number of halogens is 4. The van der Waals surface area contributed by atoms with E-state index in [4.69, 9.17) is 11.6 Å². The van der Waals surface area contributed by atoms with Crippen molar-refractivity contribution in [2.75, 3.05) is 26.2 Å². The molecule has 1 amide bonds. The van der Waals surface area contributed by atoms with Crippen LogP contribution in [-0.2, 0) is 0 Å². The van der Waals surface area contributed by atoms with E-state index in [1.165, 1.54) is 18.2 Å². The Bertz CT molecular complexity index is 481. The van der Waals surface area contributed by atoms with Crippen LogP contribution in [0.4, 0.5) is 8.78 Å². The molecule has 0 radical (unpaired) electrons. The number of hydrogen-bond donors (Lipinski definition) is 1. The summed E-state index contributed by atoms with van der Waals surface area (Å²) in [6, 6.07) is 4.07. The summed E-state index contributed by atoms with van der Waals surface area (Å²) in [6.45, 7) is -0.364. The number of carbonyl (C=O) groups is 1. The van der Waals surface area contributed by atoms with Gasteiger partial charge in [-0.25, -0.2) is 0 Å². The largest absolute Gasteiger partial charge is 0.434 e. The summed E-state index contributed by atoms with van der Waals surface area (Å²) in [5.74, 6) is -0.488. The van der Waals surface area contributed by atoms with E-state index in [9.17, 15) is 13.6 Å². The molecule has 118 valence electrons. The Morgan fingerprint density at radius 1 is 1.33 bits per heavy atom. The minimum absolute atomic E-state index is 0. The van der Waals surface area contributed by atoms with Gasteiger partial charge in [-0.1, -0.05) is 11.6 Å². The monoisotopic (exact) mass is 340 g/mol. The van der Waals surface area contributed by atoms with Gasteiger partial charge in [-0.05, 0) is 31.2 Å². The van der Waals surface area contributed by atoms with Crippen molar-refractivity contribution >= 4 is 29.9 Å². The number of rotatable bonds is 3. The first-order valence-corrected chi connectivity index (χ1v) is 6.70. The SMILES string of the molecule is Cl.O=C(c1cc(Cl)ccc1OC(F)F)N1CCCNCC1. The van der Waals surface area contributed by atoms with Gasteiger partial charge in [0.05, 0.1) is 5.56 Å². The Labute approximate surface area is 132 Å². The van der Waals surface area contributed by atoms with Crippen LogP contribution in [0.15, 0.2) is 18.2 Å². The molecule has 1 N–H and O–H groups in total. The molecule has 0 bridgehead atoms. The van der Waals surface area contributed by atoms with E-state index in [0.29, 0.717) is 24.7 Å². The lowest BCUT2D eigenvalue weighted by Gasteiger charge is -2.21. The Kier molecular flexibility index (Phi) is 7.14. The van der Waals surface area contributed by atoms with Crippen molar-refractivity contribution < 1.29 is 18.3 Å². The van der Waals surface area contributed by atoms with Gasteiger partial charge >= 0.3 is 6.61 Å². The summed E-state index contributed by atoms with van der Waals surface area (Å²) in [7, 11) is 0. The van der Waals surface area contributed by atoms with E-state index in [2.05, 4.69) is 10.1 Å². The van der Waals surface area contributed by atoms with E-state index in [-0.39, 0.29) is 29.6 Å². The van der Waals surface area contributed by atoms with Crippen LogP contribution in [0.25, 0.3) is 0 Å². The molecule has 0 aromatic heterocycles. The quantitative estimate of drug-likeness (QED) is 0.919. The van der Waals surface area contributed by atoms with Gasteiger partial charge in [-0.2, -0.15) is 8.78 Å². The highest BCUT2D eigenvalue weighted by molar-refractivity contribution is 6.31. The van der Waals surface area contributed by atoms with Crippen molar-refractivity contribution in [3.8, 4) is 5.75 Å². The van der Waals surface area contributed by atoms with Gasteiger partial charge < -0.3 is 15.0 Å². The number of carbonyl (C=O) groups excluding carboxylic acids is 1. The molecule has 1 fully saturated rings. The first-order valence-electron chi connectivity index (χ1n) is 6.32. The first-order chi connectivity index (χ1) is 9.58. The predicted molar refractivity (Wildman–Crippen MR) is 78.7 cm³/mol. The van der Waals surface area contributed by atoms with E-state index < -0.39 is 6.61 Å². The molecule has 0 unspecified atom stereocenters. The maximum Gasteiger partial charge on any atom is 0.387 e. The zero-order chi connectivity index (χ0) is 14.5. The molecule has 4 nitrogen and oxygen atoms in total. The number of ether oxygens (including phenoxy) is 1. The third-order valence-corrected chi connectivity index (χ3v) is 3.25. The summed E-state index contributed by atoms with van der Waals surface area (Å²) in [4.78, 5) is 14.0. The molecule has 1 aromatic carbocycles. The first kappa shape index (κ1) is 17.9. The molecule has 0 atom stereocenters. The number of nitrogens with zero attached hydrogens (tertiary/aromatic N) is 1. The molecule has 0 aliphatic carbocycles. The fraction of sp³-hybridized carbons (Fsp3) is 0.462. The second-order valence-corrected chi connectivity index (χ2v) is 4.85. The lowest BCUT2D eigenvalue weighted by molar-refractivity contribution is -0.0502. The van der Waals surface area contributed by atoms with Crippen molar-refractivity contribution in [2.45, 2.75) is 13.0 Å². The van der Waals surface area contributed by atoms with Crippen LogP contribution < -0.4 is 10.1 Å². The maximum atomic E-state index is 12.4. The second-order valence-electron chi connectivity index (χ2n) is 4.41. The molecule has 1 heterocycles. The molecule has 1 aromatic rings. The highest BCUT2D eigenvalue weighted by Gasteiger charge is 2.22. The molecular weight excluding hydrogens is 325 g/mol. The lowest BCUT2D eigenvalue weighted by Crippen LogP contribution is -2.34. The third kappa shape index (κ3) is 4.98. The van der Waals surface area contributed by atoms with Crippen molar-refractivity contribution in [3.63, 3.8) is 0 Å². The Balaban J connectivity index is 0.00000220. The smallest absolute Gasteiger partial charge is 0.387 e. The third-order valence-electron chi connectivity index (χ3n) is 3.02. The van der Waals surface area contributed by atoms with Gasteiger partial charge in [0.2, 0.25) is 0 Å². The van der Waals surface area contributed by atoms with Gasteiger partial charge in [0.1, 0.15) is 5.75 Å². The Morgan fingerprint density at radius 3 is 2.81 bits per heavy atom. The van der Waals surface area contributed by atoms with E-state index >= 15 is 0 Å². The maximum absolute atomic E-state index is 12.4. The van der Waals surface area contributed by atoms with Crippen molar-refractivity contribution in [2.24, 2.45) is 0 Å². The van der Waals surface area contributed by atoms with Gasteiger partial charge in [0, 0.05) is 24.7 Å². The zero-order valence-corrected chi connectivity index (χ0v) is 12.7. The van der Waals surface area contributed by atoms with Crippen LogP contribution in [0.1, 0.15) is 16.8 Å². The van der Waals surface area contributed by atoms with Crippen molar-refractivity contribution in [3.05, 3.63) is 28.8 Å². The molecule has 1 aliphatic rings. The van der Waals surface area contributed by atoms with Crippen molar-refractivity contribution in [1.29, 1.82) is 0 Å². The molecule has 2 rings (SSSR count). The van der Waals surface area contributed by atoms with Crippen LogP contribution in [0.3, 0.4) is 0 Å². The average molecular weight is 341 g/mol. The van der Waals surface area contributed by atoms with Crippen LogP contribution in [-0.4, -0.2) is 43.6 Å². The Morgan fingerprint density at radius 2 is 2.10 bits per heavy atom. The molecule has 0 saturated carbocycles. The summed E-state index contributed by atoms with van der Waals surface area (Å²) in [6.07, 6.45) is 0.817. The van der Waals surface area contributed by atoms with Crippen LogP contribution in [0, 0.1) is 0 Å². The molecule has 8 heteroatoms. The number of amides is 1. The van der Waals surface area contributed by atoms with Gasteiger partial charge in [0.15, 0.2) is 0 Å². The minimum atomic E-state index is -2.98. The van der Waals surface area contributed by atoms with Crippen LogP contribution in [0.2, 0.25) is 5.02 Å². The van der Waals surface area contributed by atoms with Crippen molar-refractivity contribution in [1.82, 2.24) is 10.2 Å². The van der Waals surface area contributed by atoms with Crippen LogP contribution >= 0.6 is 24.0 Å². The van der Waals surface area contributed by atoms with Gasteiger partial charge in [-0.3, -0.25) is 4.79 Å². The van der Waals surface area contributed by atoms with Gasteiger partial charge in [0.25, 0.3) is 5.91 Å². The number of hydrogen-bond acceptors (Lipinski definition) is 3. The molecule has 0 spiro atoms. The highest BCUT2D eigenvalue weighted by atomic mass is 35.5. The van der Waals surface area contributed by atoms with E-state index in [1.807, 2.05) is 0 Å². The average Bonchev–Trinajstić information content (AvgIpc) is 2.68. The second kappa shape index (κ2) is 8.36. The summed E-state index contributed by atoms with van der Waals surface area (Å²) in [5, 5.41) is 3.48. The molecular formula is C13H16Cl2F2N2O2. The summed E-state index contributed by atoms with van der Waals surface area (Å²) < 4.78 is 29.2. The normalized spacial score (nSPS) is 15.3. The fourth-order valence-corrected chi connectivity index (χ4v) is 2.26. The van der Waals surface area contributed by atoms with Gasteiger partial charge in [-0.15, -0.1) is 12.4 Å². The Hall–Kier alpha value is -1.11. The van der Waals surface area contributed by atoms with E-state index in [0.717, 1.165) is 13.0 Å². The molecule has 1 saturated heterocycles. The minimum Gasteiger partial charge on any atom is -0.434 e.